The third kappa shape index (κ3) is 19.4. The number of rotatable bonds is 19. The molecule has 24 heavy (non-hydrogen) atoms. The lowest BCUT2D eigenvalue weighted by molar-refractivity contribution is -0.144. The minimum absolute atomic E-state index is 0.129. The lowest BCUT2D eigenvalue weighted by Gasteiger charge is -2.07. The summed E-state index contributed by atoms with van der Waals surface area (Å²) in [7, 11) is 0. The van der Waals surface area contributed by atoms with Crippen molar-refractivity contribution in [1.82, 2.24) is 0 Å². The van der Waals surface area contributed by atoms with Crippen LogP contribution in [0, 0.1) is 0 Å². The molecule has 0 N–H and O–H groups in total. The fourth-order valence-electron chi connectivity index (χ4n) is 2.07. The van der Waals surface area contributed by atoms with Gasteiger partial charge in [-0.15, -0.1) is 0 Å². The average molecular weight is 347 g/mol. The number of unbranched alkanes of at least 4 members (excludes halogenated alkanes) is 5. The zero-order valence-electron chi connectivity index (χ0n) is 15.9. The first-order valence-electron chi connectivity index (χ1n) is 9.70. The summed E-state index contributed by atoms with van der Waals surface area (Å²) in [6.07, 6.45) is 9.41. The van der Waals surface area contributed by atoms with Gasteiger partial charge in [-0.1, -0.05) is 46.0 Å². The van der Waals surface area contributed by atoms with Crippen molar-refractivity contribution < 1.29 is 23.7 Å². The van der Waals surface area contributed by atoms with Crippen LogP contribution in [0.2, 0.25) is 0 Å². The summed E-state index contributed by atoms with van der Waals surface area (Å²) in [5.41, 5.74) is 0. The van der Waals surface area contributed by atoms with Gasteiger partial charge in [0.1, 0.15) is 0 Å². The van der Waals surface area contributed by atoms with Crippen LogP contribution in [-0.4, -0.2) is 52.2 Å². The maximum atomic E-state index is 11.3. The molecule has 5 heteroatoms. The number of hydrogen-bond acceptors (Lipinski definition) is 5. The van der Waals surface area contributed by atoms with Gasteiger partial charge in [0.05, 0.1) is 33.0 Å². The molecule has 0 unspecified atom stereocenters. The van der Waals surface area contributed by atoms with E-state index >= 15 is 0 Å². The summed E-state index contributed by atoms with van der Waals surface area (Å²) in [4.78, 5) is 11.3. The Kier molecular flexibility index (Phi) is 19.8. The summed E-state index contributed by atoms with van der Waals surface area (Å²) in [5.74, 6) is -0.129. The van der Waals surface area contributed by atoms with E-state index in [1.54, 1.807) is 0 Å². The van der Waals surface area contributed by atoms with Crippen molar-refractivity contribution in [1.29, 1.82) is 0 Å². The Morgan fingerprint density at radius 2 is 1.12 bits per heavy atom. The predicted octanol–water partition coefficient (Wildman–Crippen LogP) is 4.13. The van der Waals surface area contributed by atoms with Crippen LogP contribution in [0.25, 0.3) is 0 Å². The Morgan fingerprint density at radius 1 is 0.583 bits per heavy atom. The molecule has 0 aliphatic rings. The molecule has 0 saturated carbocycles. The maximum absolute atomic E-state index is 11.3. The van der Waals surface area contributed by atoms with Gasteiger partial charge in [-0.3, -0.25) is 4.79 Å². The van der Waals surface area contributed by atoms with Crippen LogP contribution in [0.5, 0.6) is 0 Å². The summed E-state index contributed by atoms with van der Waals surface area (Å²) in [6.45, 7) is 8.62. The summed E-state index contributed by atoms with van der Waals surface area (Å²) in [6, 6.07) is 0. The van der Waals surface area contributed by atoms with Crippen molar-refractivity contribution in [2.75, 3.05) is 46.2 Å². The molecule has 0 saturated heterocycles. The summed E-state index contributed by atoms with van der Waals surface area (Å²) >= 11 is 0. The number of carbonyl (C=O) groups is 1. The van der Waals surface area contributed by atoms with Crippen LogP contribution in [0.3, 0.4) is 0 Å². The molecule has 0 aromatic rings. The van der Waals surface area contributed by atoms with E-state index in [0.717, 1.165) is 25.9 Å². The van der Waals surface area contributed by atoms with E-state index in [4.69, 9.17) is 18.9 Å². The van der Waals surface area contributed by atoms with Gasteiger partial charge in [0.25, 0.3) is 0 Å². The SMILES string of the molecule is CCCCCCCOCCOCCOCCCC(=O)OCCCC. The Hall–Kier alpha value is -0.650. The molecule has 0 radical (unpaired) electrons. The summed E-state index contributed by atoms with van der Waals surface area (Å²) in [5, 5.41) is 0. The molecule has 144 valence electrons. The van der Waals surface area contributed by atoms with E-state index in [1.807, 2.05) is 0 Å². The van der Waals surface area contributed by atoms with Crippen LogP contribution in [-0.2, 0) is 23.7 Å². The molecular formula is C19H38O5. The zero-order chi connectivity index (χ0) is 17.7. The van der Waals surface area contributed by atoms with Gasteiger partial charge in [0.15, 0.2) is 0 Å². The zero-order valence-corrected chi connectivity index (χ0v) is 15.9. The van der Waals surface area contributed by atoms with E-state index in [-0.39, 0.29) is 5.97 Å². The number of ether oxygens (including phenoxy) is 4. The highest BCUT2D eigenvalue weighted by Gasteiger charge is 2.01. The number of hydrogen-bond donors (Lipinski definition) is 0. The highest BCUT2D eigenvalue weighted by atomic mass is 16.5. The molecule has 0 aliphatic heterocycles. The first-order chi connectivity index (χ1) is 11.8. The second-order valence-electron chi connectivity index (χ2n) is 5.93. The van der Waals surface area contributed by atoms with Crippen molar-refractivity contribution in [3.8, 4) is 0 Å². The maximum Gasteiger partial charge on any atom is 0.305 e. The quantitative estimate of drug-likeness (QED) is 0.260. The van der Waals surface area contributed by atoms with E-state index in [1.165, 1.54) is 25.7 Å². The molecule has 0 aromatic carbocycles. The van der Waals surface area contributed by atoms with E-state index < -0.39 is 0 Å². The van der Waals surface area contributed by atoms with Crippen molar-refractivity contribution in [2.24, 2.45) is 0 Å². The lowest BCUT2D eigenvalue weighted by Crippen LogP contribution is -2.11. The second kappa shape index (κ2) is 20.4. The number of esters is 1. The van der Waals surface area contributed by atoms with Crippen LogP contribution < -0.4 is 0 Å². The molecular weight excluding hydrogens is 308 g/mol. The lowest BCUT2D eigenvalue weighted by atomic mass is 10.2. The van der Waals surface area contributed by atoms with Gasteiger partial charge in [-0.05, 0) is 19.3 Å². The predicted molar refractivity (Wildman–Crippen MR) is 96.3 cm³/mol. The van der Waals surface area contributed by atoms with E-state index in [9.17, 15) is 4.79 Å². The molecule has 0 spiro atoms. The normalized spacial score (nSPS) is 10.9. The van der Waals surface area contributed by atoms with Crippen LogP contribution >= 0.6 is 0 Å². The standard InChI is InChI=1S/C19H38O5/c1-3-5-7-8-9-12-21-15-17-23-18-16-22-13-10-11-19(20)24-14-6-4-2/h3-18H2,1-2H3. The smallest absolute Gasteiger partial charge is 0.305 e. The Balaban J connectivity index is 3.06. The third-order valence-corrected chi connectivity index (χ3v) is 3.57. The third-order valence-electron chi connectivity index (χ3n) is 3.57. The monoisotopic (exact) mass is 346 g/mol. The Bertz CT molecular complexity index is 258. The molecule has 0 aliphatic carbocycles. The molecule has 0 rings (SSSR count). The van der Waals surface area contributed by atoms with E-state index in [2.05, 4.69) is 13.8 Å². The minimum Gasteiger partial charge on any atom is -0.466 e. The topological polar surface area (TPSA) is 54.0 Å². The Morgan fingerprint density at radius 3 is 1.75 bits per heavy atom. The first-order valence-corrected chi connectivity index (χ1v) is 9.70. The van der Waals surface area contributed by atoms with Gasteiger partial charge in [0, 0.05) is 19.6 Å². The van der Waals surface area contributed by atoms with Crippen LogP contribution in [0.4, 0.5) is 0 Å². The fraction of sp³-hybridized carbons (Fsp3) is 0.947. The molecule has 0 atom stereocenters. The minimum atomic E-state index is -0.129. The van der Waals surface area contributed by atoms with Gasteiger partial charge < -0.3 is 18.9 Å². The van der Waals surface area contributed by atoms with Gasteiger partial charge in [-0.25, -0.2) is 0 Å². The molecule has 5 nitrogen and oxygen atoms in total. The molecule has 0 fully saturated rings. The van der Waals surface area contributed by atoms with Crippen molar-refractivity contribution >= 4 is 5.97 Å². The van der Waals surface area contributed by atoms with Crippen molar-refractivity contribution in [3.63, 3.8) is 0 Å². The fourth-order valence-corrected chi connectivity index (χ4v) is 2.07. The average Bonchev–Trinajstić information content (AvgIpc) is 2.58. The molecule has 0 heterocycles. The molecule has 0 aromatic heterocycles. The van der Waals surface area contributed by atoms with Crippen LogP contribution in [0.15, 0.2) is 0 Å². The molecule has 0 bridgehead atoms. The van der Waals surface area contributed by atoms with Gasteiger partial charge >= 0.3 is 5.97 Å². The number of carbonyl (C=O) groups excluding carboxylic acids is 1. The van der Waals surface area contributed by atoms with Crippen LogP contribution in [0.1, 0.15) is 71.6 Å². The van der Waals surface area contributed by atoms with E-state index in [0.29, 0.717) is 52.5 Å². The highest BCUT2D eigenvalue weighted by molar-refractivity contribution is 5.69. The highest BCUT2D eigenvalue weighted by Crippen LogP contribution is 2.02. The van der Waals surface area contributed by atoms with Gasteiger partial charge in [0.2, 0.25) is 0 Å². The first kappa shape index (κ1) is 23.4. The Labute approximate surface area is 148 Å². The summed E-state index contributed by atoms with van der Waals surface area (Å²) < 4.78 is 21.4. The van der Waals surface area contributed by atoms with Crippen molar-refractivity contribution in [3.05, 3.63) is 0 Å². The second-order valence-corrected chi connectivity index (χ2v) is 5.93. The molecule has 0 amide bonds. The van der Waals surface area contributed by atoms with Gasteiger partial charge in [-0.2, -0.15) is 0 Å². The van der Waals surface area contributed by atoms with Crippen molar-refractivity contribution in [2.45, 2.75) is 71.6 Å². The largest absolute Gasteiger partial charge is 0.466 e.